The van der Waals surface area contributed by atoms with Gasteiger partial charge < -0.3 is 5.32 Å². The Labute approximate surface area is 116 Å². The topological polar surface area (TPSA) is 12.0 Å². The second-order valence-corrected chi connectivity index (χ2v) is 7.54. The largest absolute Gasteiger partial charge is 0.309 e. The number of hydrogen-bond donors (Lipinski definition) is 1. The van der Waals surface area contributed by atoms with E-state index in [4.69, 9.17) is 0 Å². The van der Waals surface area contributed by atoms with Crippen LogP contribution in [0.2, 0.25) is 0 Å². The summed E-state index contributed by atoms with van der Waals surface area (Å²) in [5, 5.41) is 5.12. The van der Waals surface area contributed by atoms with E-state index in [2.05, 4.69) is 50.4 Å². The molecule has 0 atom stereocenters. The van der Waals surface area contributed by atoms with E-state index in [1.165, 1.54) is 47.5 Å². The van der Waals surface area contributed by atoms with Crippen LogP contribution in [0.3, 0.4) is 0 Å². The van der Waals surface area contributed by atoms with Crippen molar-refractivity contribution in [3.8, 4) is 0 Å². The van der Waals surface area contributed by atoms with Crippen molar-refractivity contribution < 1.29 is 0 Å². The van der Waals surface area contributed by atoms with Gasteiger partial charge in [-0.3, -0.25) is 0 Å². The minimum atomic E-state index is 0.308. The van der Waals surface area contributed by atoms with E-state index in [-0.39, 0.29) is 0 Å². The first-order valence-corrected chi connectivity index (χ1v) is 8.27. The molecule has 1 aromatic rings. The maximum Gasteiger partial charge on any atom is 0.0384 e. The molecule has 0 unspecified atom stereocenters. The fourth-order valence-electron chi connectivity index (χ4n) is 2.39. The average molecular weight is 264 g/mol. The Bertz CT molecular complexity index is 310. The fraction of sp³-hybridized carbons (Fsp3) is 0.625. The van der Waals surface area contributed by atoms with Crippen molar-refractivity contribution in [3.63, 3.8) is 0 Å². The smallest absolute Gasteiger partial charge is 0.0384 e. The zero-order valence-corrected chi connectivity index (χ0v) is 14.5. The lowest BCUT2D eigenvalue weighted by Crippen LogP contribution is -2.44. The predicted octanol–water partition coefficient (Wildman–Crippen LogP) is 2.38. The molecule has 0 bridgehead atoms. The van der Waals surface area contributed by atoms with Gasteiger partial charge in [0.1, 0.15) is 0 Å². The first kappa shape index (κ1) is 15.5. The number of nitrogens with one attached hydrogen (secondary N) is 1. The summed E-state index contributed by atoms with van der Waals surface area (Å²) in [7, 11) is 1.17. The van der Waals surface area contributed by atoms with Gasteiger partial charge in [0.2, 0.25) is 0 Å². The molecule has 1 aliphatic carbocycles. The molecule has 0 saturated heterocycles. The van der Waals surface area contributed by atoms with Crippen LogP contribution in [0, 0.1) is 0 Å². The van der Waals surface area contributed by atoms with Crippen molar-refractivity contribution in [2.24, 2.45) is 0 Å². The molecular weight excluding hydrogens is 234 g/mol. The van der Waals surface area contributed by atoms with Gasteiger partial charge in [0.15, 0.2) is 0 Å². The van der Waals surface area contributed by atoms with Crippen molar-refractivity contribution in [3.05, 3.63) is 30.3 Å². The molecule has 0 aromatic heterocycles. The third-order valence-electron chi connectivity index (χ3n) is 3.18. The summed E-state index contributed by atoms with van der Waals surface area (Å²) in [6, 6.07) is 11.3. The molecule has 2 heteroatoms. The SMILES string of the molecule is CC(C)(C)NC1CCCCC1.[SiH3]c1ccccc1. The summed E-state index contributed by atoms with van der Waals surface area (Å²) in [5.74, 6) is 0. The minimum Gasteiger partial charge on any atom is -0.309 e. The standard InChI is InChI=1S/C10H21N.C6H8Si/c1-10(2,3)11-9-7-5-4-6-8-9;7-6-4-2-1-3-5-6/h9,11H,4-8H2,1-3H3;1-5H,7H3. The van der Waals surface area contributed by atoms with Crippen LogP contribution in [0.25, 0.3) is 0 Å². The van der Waals surface area contributed by atoms with Crippen LogP contribution in [0.5, 0.6) is 0 Å². The van der Waals surface area contributed by atoms with Crippen LogP contribution in [0.1, 0.15) is 52.9 Å². The Morgan fingerprint density at radius 2 is 1.56 bits per heavy atom. The lowest BCUT2D eigenvalue weighted by Gasteiger charge is -2.31. The maximum absolute atomic E-state index is 3.66. The molecule has 18 heavy (non-hydrogen) atoms. The van der Waals surface area contributed by atoms with Gasteiger partial charge in [0.25, 0.3) is 0 Å². The molecule has 0 heterocycles. The van der Waals surface area contributed by atoms with Crippen LogP contribution >= 0.6 is 0 Å². The highest BCUT2D eigenvalue weighted by Gasteiger charge is 2.18. The molecule has 0 spiro atoms. The van der Waals surface area contributed by atoms with E-state index in [0.29, 0.717) is 5.54 Å². The number of rotatable bonds is 1. The molecule has 0 aliphatic heterocycles. The van der Waals surface area contributed by atoms with Crippen LogP contribution in [-0.4, -0.2) is 21.8 Å². The summed E-state index contributed by atoms with van der Waals surface area (Å²) >= 11 is 0. The summed E-state index contributed by atoms with van der Waals surface area (Å²) in [4.78, 5) is 0. The molecule has 1 N–H and O–H groups in total. The van der Waals surface area contributed by atoms with Crippen LogP contribution in [0.15, 0.2) is 30.3 Å². The molecule has 0 radical (unpaired) electrons. The van der Waals surface area contributed by atoms with E-state index >= 15 is 0 Å². The molecule has 1 fully saturated rings. The van der Waals surface area contributed by atoms with Crippen LogP contribution < -0.4 is 10.5 Å². The molecule has 1 saturated carbocycles. The predicted molar refractivity (Wildman–Crippen MR) is 85.8 cm³/mol. The summed E-state index contributed by atoms with van der Waals surface area (Å²) in [6.45, 7) is 6.75. The van der Waals surface area contributed by atoms with E-state index in [1.807, 2.05) is 6.07 Å². The third-order valence-corrected chi connectivity index (χ3v) is 3.85. The van der Waals surface area contributed by atoms with Gasteiger partial charge >= 0.3 is 0 Å². The fourth-order valence-corrected chi connectivity index (χ4v) is 2.78. The lowest BCUT2D eigenvalue weighted by molar-refractivity contribution is 0.295. The Kier molecular flexibility index (Phi) is 6.65. The van der Waals surface area contributed by atoms with Crippen molar-refractivity contribution in [2.45, 2.75) is 64.5 Å². The molecule has 1 nitrogen and oxygen atoms in total. The highest BCUT2D eigenvalue weighted by Crippen LogP contribution is 2.19. The summed E-state index contributed by atoms with van der Waals surface area (Å²) in [5.41, 5.74) is 0.308. The Morgan fingerprint density at radius 1 is 1.00 bits per heavy atom. The van der Waals surface area contributed by atoms with Gasteiger partial charge in [-0.15, -0.1) is 0 Å². The maximum atomic E-state index is 3.66. The average Bonchev–Trinajstić information content (AvgIpc) is 2.30. The second kappa shape index (κ2) is 7.75. The van der Waals surface area contributed by atoms with E-state index < -0.39 is 0 Å². The molecule has 102 valence electrons. The molecule has 1 aromatic carbocycles. The highest BCUT2D eigenvalue weighted by atomic mass is 28.1. The number of benzene rings is 1. The summed E-state index contributed by atoms with van der Waals surface area (Å²) in [6.07, 6.45) is 7.07. The van der Waals surface area contributed by atoms with E-state index in [0.717, 1.165) is 6.04 Å². The van der Waals surface area contributed by atoms with Gasteiger partial charge in [-0.1, -0.05) is 54.8 Å². The Hall–Kier alpha value is -0.603. The van der Waals surface area contributed by atoms with Crippen molar-refractivity contribution in [1.29, 1.82) is 0 Å². The minimum absolute atomic E-state index is 0.308. The first-order chi connectivity index (χ1) is 8.47. The van der Waals surface area contributed by atoms with Gasteiger partial charge in [0.05, 0.1) is 0 Å². The monoisotopic (exact) mass is 263 g/mol. The highest BCUT2D eigenvalue weighted by molar-refractivity contribution is 6.32. The van der Waals surface area contributed by atoms with Gasteiger partial charge in [-0.05, 0) is 33.6 Å². The van der Waals surface area contributed by atoms with Gasteiger partial charge in [0, 0.05) is 21.8 Å². The van der Waals surface area contributed by atoms with Gasteiger partial charge in [-0.2, -0.15) is 0 Å². The van der Waals surface area contributed by atoms with Crippen molar-refractivity contribution in [1.82, 2.24) is 5.32 Å². The zero-order chi connectivity index (χ0) is 13.4. The second-order valence-electron chi connectivity index (χ2n) is 6.38. The molecular formula is C16H29NSi. The summed E-state index contributed by atoms with van der Waals surface area (Å²) < 4.78 is 0. The lowest BCUT2D eigenvalue weighted by atomic mass is 9.93. The Morgan fingerprint density at radius 3 is 1.94 bits per heavy atom. The normalized spacial score (nSPS) is 17.1. The molecule has 2 rings (SSSR count). The van der Waals surface area contributed by atoms with Crippen LogP contribution in [0.4, 0.5) is 0 Å². The van der Waals surface area contributed by atoms with E-state index in [9.17, 15) is 0 Å². The van der Waals surface area contributed by atoms with Crippen LogP contribution in [-0.2, 0) is 0 Å². The molecule has 1 aliphatic rings. The number of hydrogen-bond acceptors (Lipinski definition) is 1. The quantitative estimate of drug-likeness (QED) is 0.767. The Balaban J connectivity index is 0.000000199. The van der Waals surface area contributed by atoms with Crippen molar-refractivity contribution in [2.75, 3.05) is 0 Å². The molecule has 0 amide bonds. The van der Waals surface area contributed by atoms with E-state index in [1.54, 1.807) is 0 Å². The first-order valence-electron chi connectivity index (χ1n) is 7.27. The van der Waals surface area contributed by atoms with Crippen molar-refractivity contribution >= 4 is 15.4 Å². The van der Waals surface area contributed by atoms with Gasteiger partial charge in [-0.25, -0.2) is 0 Å². The third kappa shape index (κ3) is 7.67. The zero-order valence-electron chi connectivity index (χ0n) is 12.5.